The van der Waals surface area contributed by atoms with Gasteiger partial charge in [0, 0.05) is 25.7 Å². The van der Waals surface area contributed by atoms with Crippen LogP contribution in [0, 0.1) is 40.4 Å². The summed E-state index contributed by atoms with van der Waals surface area (Å²) in [7, 11) is 0. The molecule has 0 bridgehead atoms. The second-order valence-electron chi connectivity index (χ2n) is 8.12. The third-order valence-electron chi connectivity index (χ3n) is 7.08. The Morgan fingerprint density at radius 1 is 1.26 bits per heavy atom. The zero-order chi connectivity index (χ0) is 16.4. The smallest absolute Gasteiger partial charge is 0.134 e. The van der Waals surface area contributed by atoms with Gasteiger partial charge in [0.05, 0.1) is 11.5 Å². The molecule has 0 aromatic carbocycles. The number of hydrogen-bond acceptors (Lipinski definition) is 3. The van der Waals surface area contributed by atoms with Crippen LogP contribution < -0.4 is 0 Å². The average Bonchev–Trinajstić information content (AvgIpc) is 2.58. The molecule has 0 aliphatic heterocycles. The molecule has 0 radical (unpaired) electrons. The number of carbonyl (C=O) groups excluding carboxylic acids is 2. The Balaban J connectivity index is 1.74. The lowest BCUT2D eigenvalue weighted by Gasteiger charge is -2.54. The Hall–Kier alpha value is -1.17. The first-order valence-electron chi connectivity index (χ1n) is 9.54. The van der Waals surface area contributed by atoms with Crippen LogP contribution in [-0.2, 0) is 9.59 Å². The van der Waals surface area contributed by atoms with Crippen molar-refractivity contribution in [2.45, 2.75) is 77.6 Å². The van der Waals surface area contributed by atoms with Crippen molar-refractivity contribution in [2.75, 3.05) is 0 Å². The Kier molecular flexibility index (Phi) is 4.90. The van der Waals surface area contributed by atoms with Gasteiger partial charge in [-0.25, -0.2) is 0 Å². The minimum Gasteiger partial charge on any atom is -0.300 e. The summed E-state index contributed by atoms with van der Waals surface area (Å²) in [4.78, 5) is 23.6. The van der Waals surface area contributed by atoms with Crippen molar-refractivity contribution in [3.8, 4) is 6.07 Å². The molecular formula is C20H29NO2. The second kappa shape index (κ2) is 6.75. The third-order valence-corrected chi connectivity index (χ3v) is 7.08. The molecule has 0 amide bonds. The fourth-order valence-electron chi connectivity index (χ4n) is 5.89. The molecule has 3 fully saturated rings. The van der Waals surface area contributed by atoms with E-state index in [-0.39, 0.29) is 5.41 Å². The number of nitrogens with zero attached hydrogens (tertiary/aromatic N) is 1. The lowest BCUT2D eigenvalue weighted by Crippen LogP contribution is -2.49. The van der Waals surface area contributed by atoms with Crippen molar-refractivity contribution in [1.29, 1.82) is 5.26 Å². The van der Waals surface area contributed by atoms with Crippen LogP contribution in [0.25, 0.3) is 0 Å². The summed E-state index contributed by atoms with van der Waals surface area (Å²) in [6, 6.07) is 2.58. The minimum absolute atomic E-state index is 0.294. The normalized spacial score (nSPS) is 39.9. The fourth-order valence-corrected chi connectivity index (χ4v) is 5.89. The largest absolute Gasteiger partial charge is 0.300 e. The van der Waals surface area contributed by atoms with Crippen molar-refractivity contribution < 1.29 is 9.59 Å². The maximum Gasteiger partial charge on any atom is 0.134 e. The lowest BCUT2D eigenvalue weighted by molar-refractivity contribution is -0.130. The molecular weight excluding hydrogens is 286 g/mol. The van der Waals surface area contributed by atoms with E-state index in [4.69, 9.17) is 0 Å². The van der Waals surface area contributed by atoms with Crippen molar-refractivity contribution in [2.24, 2.45) is 29.1 Å². The SMILES string of the molecule is CCC(=O)CCC1CCCC2C1CCC1(C#N)CC(=O)CCC21. The summed E-state index contributed by atoms with van der Waals surface area (Å²) >= 11 is 0. The van der Waals surface area contributed by atoms with E-state index in [0.717, 1.165) is 32.1 Å². The molecule has 3 rings (SSSR count). The first kappa shape index (κ1) is 16.7. The molecule has 5 atom stereocenters. The van der Waals surface area contributed by atoms with E-state index in [1.54, 1.807) is 0 Å². The zero-order valence-electron chi connectivity index (χ0n) is 14.4. The van der Waals surface area contributed by atoms with E-state index in [0.29, 0.717) is 54.5 Å². The Morgan fingerprint density at radius 2 is 2.09 bits per heavy atom. The van der Waals surface area contributed by atoms with Crippen LogP contribution in [0.1, 0.15) is 77.6 Å². The molecule has 0 N–H and O–H groups in total. The maximum absolute atomic E-state index is 11.9. The molecule has 3 nitrogen and oxygen atoms in total. The maximum atomic E-state index is 11.9. The van der Waals surface area contributed by atoms with E-state index < -0.39 is 0 Å². The van der Waals surface area contributed by atoms with Crippen LogP contribution in [0.2, 0.25) is 0 Å². The Labute approximate surface area is 139 Å². The van der Waals surface area contributed by atoms with Gasteiger partial charge in [0.15, 0.2) is 0 Å². The molecule has 0 saturated heterocycles. The number of fused-ring (bicyclic) bond motifs is 3. The molecule has 0 aromatic heterocycles. The van der Waals surface area contributed by atoms with Gasteiger partial charge in [-0.3, -0.25) is 9.59 Å². The van der Waals surface area contributed by atoms with Crippen LogP contribution in [0.3, 0.4) is 0 Å². The summed E-state index contributed by atoms with van der Waals surface area (Å²) < 4.78 is 0. The van der Waals surface area contributed by atoms with E-state index in [9.17, 15) is 14.9 Å². The van der Waals surface area contributed by atoms with Crippen LogP contribution in [0.5, 0.6) is 0 Å². The quantitative estimate of drug-likeness (QED) is 0.770. The van der Waals surface area contributed by atoms with Crippen molar-refractivity contribution in [1.82, 2.24) is 0 Å². The molecule has 0 spiro atoms. The number of carbonyl (C=O) groups is 2. The Bertz CT molecular complexity index is 520. The van der Waals surface area contributed by atoms with Gasteiger partial charge in [-0.2, -0.15) is 5.26 Å². The molecule has 23 heavy (non-hydrogen) atoms. The molecule has 3 saturated carbocycles. The number of hydrogen-bond donors (Lipinski definition) is 0. The zero-order valence-corrected chi connectivity index (χ0v) is 14.4. The number of rotatable bonds is 4. The van der Waals surface area contributed by atoms with Crippen molar-refractivity contribution in [3.05, 3.63) is 0 Å². The van der Waals surface area contributed by atoms with Gasteiger partial charge in [0.1, 0.15) is 11.6 Å². The van der Waals surface area contributed by atoms with Crippen molar-refractivity contribution >= 4 is 11.6 Å². The standard InChI is InChI=1S/C20H29NO2/c1-2-15(22)7-6-14-4-3-5-18-17(14)10-11-20(13-21)12-16(23)8-9-19(18)20/h14,17-19H,2-12H2,1H3. The van der Waals surface area contributed by atoms with Crippen LogP contribution >= 0.6 is 0 Å². The molecule has 0 aromatic rings. The van der Waals surface area contributed by atoms with Gasteiger partial charge in [0.2, 0.25) is 0 Å². The van der Waals surface area contributed by atoms with Gasteiger partial charge in [-0.1, -0.05) is 19.8 Å². The summed E-state index contributed by atoms with van der Waals surface area (Å²) in [5, 5.41) is 9.81. The van der Waals surface area contributed by atoms with E-state index in [2.05, 4.69) is 6.07 Å². The molecule has 0 heterocycles. The predicted octanol–water partition coefficient (Wildman–Crippen LogP) is 4.45. The minimum atomic E-state index is -0.363. The fraction of sp³-hybridized carbons (Fsp3) is 0.850. The highest BCUT2D eigenvalue weighted by molar-refractivity contribution is 5.80. The third kappa shape index (κ3) is 3.10. The van der Waals surface area contributed by atoms with Gasteiger partial charge in [-0.15, -0.1) is 0 Å². The van der Waals surface area contributed by atoms with Crippen molar-refractivity contribution in [3.63, 3.8) is 0 Å². The summed E-state index contributed by atoms with van der Waals surface area (Å²) in [6.45, 7) is 1.95. The molecule has 5 unspecified atom stereocenters. The number of nitriles is 1. The van der Waals surface area contributed by atoms with Crippen LogP contribution in [0.15, 0.2) is 0 Å². The molecule has 3 heteroatoms. The second-order valence-corrected chi connectivity index (χ2v) is 8.12. The van der Waals surface area contributed by atoms with E-state index >= 15 is 0 Å². The molecule has 126 valence electrons. The van der Waals surface area contributed by atoms with Gasteiger partial charge in [0.25, 0.3) is 0 Å². The topological polar surface area (TPSA) is 57.9 Å². The number of Topliss-reactive ketones (excluding diaryl/α,β-unsaturated/α-hetero) is 2. The summed E-state index contributed by atoms with van der Waals surface area (Å²) in [6.07, 6.45) is 10.2. The average molecular weight is 315 g/mol. The highest BCUT2D eigenvalue weighted by atomic mass is 16.1. The van der Waals surface area contributed by atoms with Crippen LogP contribution in [0.4, 0.5) is 0 Å². The van der Waals surface area contributed by atoms with Gasteiger partial charge in [-0.05, 0) is 55.8 Å². The summed E-state index contributed by atoms with van der Waals surface area (Å²) in [5.41, 5.74) is -0.363. The number of ketones is 2. The molecule has 3 aliphatic rings. The monoisotopic (exact) mass is 315 g/mol. The Morgan fingerprint density at radius 3 is 2.83 bits per heavy atom. The molecule has 3 aliphatic carbocycles. The van der Waals surface area contributed by atoms with Crippen LogP contribution in [-0.4, -0.2) is 11.6 Å². The lowest BCUT2D eigenvalue weighted by atomic mass is 9.49. The van der Waals surface area contributed by atoms with E-state index in [1.165, 1.54) is 19.3 Å². The predicted molar refractivity (Wildman–Crippen MR) is 88.5 cm³/mol. The highest BCUT2D eigenvalue weighted by Gasteiger charge is 2.54. The van der Waals surface area contributed by atoms with Gasteiger partial charge < -0.3 is 0 Å². The summed E-state index contributed by atoms with van der Waals surface area (Å²) in [5.74, 6) is 3.08. The first-order chi connectivity index (χ1) is 11.1. The van der Waals surface area contributed by atoms with E-state index in [1.807, 2.05) is 6.92 Å². The van der Waals surface area contributed by atoms with Gasteiger partial charge >= 0.3 is 0 Å². The first-order valence-corrected chi connectivity index (χ1v) is 9.54. The highest BCUT2D eigenvalue weighted by Crippen LogP contribution is 2.58.